The summed E-state index contributed by atoms with van der Waals surface area (Å²) in [4.78, 5) is 10.9. The summed E-state index contributed by atoms with van der Waals surface area (Å²) in [6, 6.07) is 0. The van der Waals surface area contributed by atoms with Gasteiger partial charge in [-0.15, -0.1) is 0 Å². The van der Waals surface area contributed by atoms with Crippen LogP contribution in [-0.2, 0) is 9.53 Å². The fourth-order valence-corrected chi connectivity index (χ4v) is 2.63. The van der Waals surface area contributed by atoms with Gasteiger partial charge in [0, 0.05) is 6.08 Å². The molecule has 0 radical (unpaired) electrons. The zero-order valence-electron chi connectivity index (χ0n) is 10.2. The third-order valence-electron chi connectivity index (χ3n) is 3.76. The molecule has 2 unspecified atom stereocenters. The summed E-state index contributed by atoms with van der Waals surface area (Å²) < 4.78 is 4.94. The van der Waals surface area contributed by atoms with Crippen LogP contribution >= 0.6 is 0 Å². The highest BCUT2D eigenvalue weighted by Gasteiger charge is 2.40. The van der Waals surface area contributed by atoms with Crippen molar-refractivity contribution in [2.75, 3.05) is 6.61 Å². The fraction of sp³-hybridized carbons (Fsp3) is 0.786. The minimum absolute atomic E-state index is 0.136. The molecule has 0 aromatic rings. The van der Waals surface area contributed by atoms with Gasteiger partial charge in [0.25, 0.3) is 0 Å². The largest absolute Gasteiger partial charge is 0.458 e. The highest BCUT2D eigenvalue weighted by Crippen LogP contribution is 2.48. The lowest BCUT2D eigenvalue weighted by molar-refractivity contribution is -0.134. The van der Waals surface area contributed by atoms with Crippen LogP contribution in [0, 0.1) is 11.8 Å². The van der Waals surface area contributed by atoms with Crippen LogP contribution in [0.5, 0.6) is 0 Å². The molecule has 0 spiro atoms. The molecule has 1 fully saturated rings. The molecule has 0 N–H and O–H groups in total. The maximum Gasteiger partial charge on any atom is 0.331 e. The second-order valence-electron chi connectivity index (χ2n) is 5.13. The van der Waals surface area contributed by atoms with Crippen LogP contribution in [0.25, 0.3) is 0 Å². The molecule has 0 bridgehead atoms. The summed E-state index contributed by atoms with van der Waals surface area (Å²) in [6.07, 6.45) is 11.2. The van der Waals surface area contributed by atoms with Crippen LogP contribution in [0.1, 0.15) is 51.9 Å². The molecule has 2 aliphatic rings. The molecule has 1 heterocycles. The minimum atomic E-state index is -0.136. The van der Waals surface area contributed by atoms with Crippen LogP contribution in [0.15, 0.2) is 11.6 Å². The SMILES string of the molecule is CCCCCCCC1CC1C1=CC(=O)OC1. The van der Waals surface area contributed by atoms with Gasteiger partial charge >= 0.3 is 5.97 Å². The Morgan fingerprint density at radius 3 is 2.81 bits per heavy atom. The van der Waals surface area contributed by atoms with Gasteiger partial charge in [-0.25, -0.2) is 4.79 Å². The van der Waals surface area contributed by atoms with Gasteiger partial charge in [-0.1, -0.05) is 39.0 Å². The average molecular weight is 222 g/mol. The van der Waals surface area contributed by atoms with E-state index in [1.54, 1.807) is 6.08 Å². The zero-order valence-corrected chi connectivity index (χ0v) is 10.2. The van der Waals surface area contributed by atoms with Crippen molar-refractivity contribution in [3.8, 4) is 0 Å². The maximum absolute atomic E-state index is 10.9. The summed E-state index contributed by atoms with van der Waals surface area (Å²) in [5, 5.41) is 0. The molecular formula is C14H22O2. The monoisotopic (exact) mass is 222 g/mol. The summed E-state index contributed by atoms with van der Waals surface area (Å²) in [7, 11) is 0. The first-order valence-electron chi connectivity index (χ1n) is 6.68. The molecule has 1 saturated carbocycles. The number of hydrogen-bond donors (Lipinski definition) is 0. The van der Waals surface area contributed by atoms with E-state index in [4.69, 9.17) is 4.74 Å². The molecule has 2 atom stereocenters. The van der Waals surface area contributed by atoms with Gasteiger partial charge in [-0.2, -0.15) is 0 Å². The molecule has 2 nitrogen and oxygen atoms in total. The molecule has 2 heteroatoms. The van der Waals surface area contributed by atoms with Crippen LogP contribution in [-0.4, -0.2) is 12.6 Å². The topological polar surface area (TPSA) is 26.3 Å². The van der Waals surface area contributed by atoms with Gasteiger partial charge < -0.3 is 4.74 Å². The van der Waals surface area contributed by atoms with Crippen molar-refractivity contribution in [3.05, 3.63) is 11.6 Å². The number of cyclic esters (lactones) is 1. The Kier molecular flexibility index (Phi) is 4.03. The molecule has 1 aliphatic carbocycles. The van der Waals surface area contributed by atoms with Crippen LogP contribution in [0.4, 0.5) is 0 Å². The zero-order chi connectivity index (χ0) is 11.4. The lowest BCUT2D eigenvalue weighted by Gasteiger charge is -2.01. The highest BCUT2D eigenvalue weighted by atomic mass is 16.5. The van der Waals surface area contributed by atoms with Crippen molar-refractivity contribution < 1.29 is 9.53 Å². The number of ether oxygens (including phenoxy) is 1. The Hall–Kier alpha value is -0.790. The molecular weight excluding hydrogens is 200 g/mol. The molecule has 0 saturated heterocycles. The van der Waals surface area contributed by atoms with Gasteiger partial charge in [-0.05, 0) is 30.3 Å². The molecule has 2 rings (SSSR count). The number of carbonyl (C=O) groups excluding carboxylic acids is 1. The Labute approximate surface area is 98.1 Å². The van der Waals surface area contributed by atoms with E-state index < -0.39 is 0 Å². The smallest absolute Gasteiger partial charge is 0.331 e. The van der Waals surface area contributed by atoms with Crippen LogP contribution < -0.4 is 0 Å². The Morgan fingerprint density at radius 2 is 2.12 bits per heavy atom. The molecule has 0 aromatic carbocycles. The van der Waals surface area contributed by atoms with E-state index in [-0.39, 0.29) is 5.97 Å². The third kappa shape index (κ3) is 3.10. The number of carbonyl (C=O) groups is 1. The van der Waals surface area contributed by atoms with Crippen LogP contribution in [0.2, 0.25) is 0 Å². The second-order valence-corrected chi connectivity index (χ2v) is 5.13. The summed E-state index contributed by atoms with van der Waals surface area (Å²) in [5.74, 6) is 1.39. The molecule has 90 valence electrons. The molecule has 0 amide bonds. The summed E-state index contributed by atoms with van der Waals surface area (Å²) in [6.45, 7) is 2.82. The van der Waals surface area contributed by atoms with Gasteiger partial charge in [-0.3, -0.25) is 0 Å². The highest BCUT2D eigenvalue weighted by molar-refractivity contribution is 5.85. The maximum atomic E-state index is 10.9. The third-order valence-corrected chi connectivity index (χ3v) is 3.76. The van der Waals surface area contributed by atoms with Gasteiger partial charge in [0.1, 0.15) is 6.61 Å². The van der Waals surface area contributed by atoms with Crippen molar-refractivity contribution in [1.82, 2.24) is 0 Å². The average Bonchev–Trinajstić information content (AvgIpc) is 2.92. The van der Waals surface area contributed by atoms with E-state index in [1.165, 1.54) is 50.5 Å². The predicted molar refractivity (Wildman–Crippen MR) is 64.0 cm³/mol. The van der Waals surface area contributed by atoms with Crippen molar-refractivity contribution in [1.29, 1.82) is 0 Å². The van der Waals surface area contributed by atoms with E-state index in [0.717, 1.165) is 5.92 Å². The summed E-state index contributed by atoms with van der Waals surface area (Å²) in [5.41, 5.74) is 1.25. The lowest BCUT2D eigenvalue weighted by Crippen LogP contribution is -1.94. The summed E-state index contributed by atoms with van der Waals surface area (Å²) >= 11 is 0. The Balaban J connectivity index is 1.57. The number of esters is 1. The van der Waals surface area contributed by atoms with Gasteiger partial charge in [0.2, 0.25) is 0 Å². The van der Waals surface area contributed by atoms with Gasteiger partial charge in [0.05, 0.1) is 0 Å². The second kappa shape index (κ2) is 5.51. The first-order chi connectivity index (χ1) is 7.81. The van der Waals surface area contributed by atoms with E-state index in [2.05, 4.69) is 6.92 Å². The quantitative estimate of drug-likeness (QED) is 0.487. The standard InChI is InChI=1S/C14H22O2/c1-2-3-4-5-6-7-11-8-13(11)12-9-14(15)16-10-12/h9,11,13H,2-8,10H2,1H3. The van der Waals surface area contributed by atoms with Crippen LogP contribution in [0.3, 0.4) is 0 Å². The molecule has 1 aliphatic heterocycles. The van der Waals surface area contributed by atoms with E-state index in [0.29, 0.717) is 12.5 Å². The van der Waals surface area contributed by atoms with Crippen molar-refractivity contribution in [3.63, 3.8) is 0 Å². The first kappa shape index (κ1) is 11.7. The minimum Gasteiger partial charge on any atom is -0.458 e. The number of unbranched alkanes of at least 4 members (excludes halogenated alkanes) is 4. The Bertz CT molecular complexity index is 280. The fourth-order valence-electron chi connectivity index (χ4n) is 2.63. The van der Waals surface area contributed by atoms with E-state index in [1.807, 2.05) is 0 Å². The van der Waals surface area contributed by atoms with Crippen molar-refractivity contribution in [2.24, 2.45) is 11.8 Å². The normalized spacial score (nSPS) is 27.8. The predicted octanol–water partition coefficient (Wildman–Crippen LogP) is 3.47. The van der Waals surface area contributed by atoms with Crippen molar-refractivity contribution in [2.45, 2.75) is 51.9 Å². The first-order valence-corrected chi connectivity index (χ1v) is 6.68. The van der Waals surface area contributed by atoms with Gasteiger partial charge in [0.15, 0.2) is 0 Å². The van der Waals surface area contributed by atoms with E-state index in [9.17, 15) is 4.79 Å². The number of rotatable bonds is 7. The molecule has 0 aromatic heterocycles. The van der Waals surface area contributed by atoms with Crippen molar-refractivity contribution >= 4 is 5.97 Å². The number of hydrogen-bond acceptors (Lipinski definition) is 2. The Morgan fingerprint density at radius 1 is 1.31 bits per heavy atom. The molecule has 16 heavy (non-hydrogen) atoms. The van der Waals surface area contributed by atoms with E-state index >= 15 is 0 Å². The lowest BCUT2D eigenvalue weighted by atomic mass is 10.1.